The highest BCUT2D eigenvalue weighted by Crippen LogP contribution is 2.65. The Hall–Kier alpha value is -2.15. The van der Waals surface area contributed by atoms with Gasteiger partial charge in [0.1, 0.15) is 0 Å². The van der Waals surface area contributed by atoms with Crippen LogP contribution in [0, 0.1) is 21.3 Å². The van der Waals surface area contributed by atoms with Gasteiger partial charge in [-0.15, -0.1) is 23.2 Å². The lowest BCUT2D eigenvalue weighted by Crippen LogP contribution is -2.60. The van der Waals surface area contributed by atoms with Crippen LogP contribution in [0.3, 0.4) is 0 Å². The number of alkyl halides is 3. The van der Waals surface area contributed by atoms with Gasteiger partial charge in [0.25, 0.3) is 11.8 Å². The fourth-order valence-electron chi connectivity index (χ4n) is 6.95. The summed E-state index contributed by atoms with van der Waals surface area (Å²) in [4.78, 5) is 53.7. The summed E-state index contributed by atoms with van der Waals surface area (Å²) in [6.07, 6.45) is 2.05. The van der Waals surface area contributed by atoms with Crippen LogP contribution in [-0.4, -0.2) is 55.4 Å². The average Bonchev–Trinajstić information content (AvgIpc) is 3.28. The van der Waals surface area contributed by atoms with Crippen LogP contribution in [-0.2, 0) is 19.2 Å². The summed E-state index contributed by atoms with van der Waals surface area (Å²) in [6.45, 7) is 2.05. The van der Waals surface area contributed by atoms with E-state index in [4.69, 9.17) is 27.9 Å². The predicted octanol–water partition coefficient (Wildman–Crippen LogP) is 5.31. The van der Waals surface area contributed by atoms with Crippen LogP contribution >= 0.6 is 61.7 Å². The van der Waals surface area contributed by atoms with Gasteiger partial charge in [-0.05, 0) is 90.2 Å². The third-order valence-corrected chi connectivity index (χ3v) is 11.4. The first-order chi connectivity index (χ1) is 19.5. The fraction of sp³-hybridized carbons (Fsp3) is 0.379. The van der Waals surface area contributed by atoms with Crippen molar-refractivity contribution in [1.82, 2.24) is 4.90 Å². The zero-order valence-electron chi connectivity index (χ0n) is 21.7. The molecule has 0 aromatic heterocycles. The number of amides is 4. The Morgan fingerprint density at radius 2 is 1.76 bits per heavy atom. The van der Waals surface area contributed by atoms with Crippen LogP contribution < -0.4 is 9.64 Å². The molecule has 6 rings (SSSR count). The van der Waals surface area contributed by atoms with Gasteiger partial charge in [-0.1, -0.05) is 33.6 Å². The van der Waals surface area contributed by atoms with E-state index in [9.17, 15) is 24.3 Å². The molecule has 6 atom stereocenters. The smallest absolute Gasteiger partial charge is 0.254 e. The Morgan fingerprint density at radius 1 is 1.05 bits per heavy atom. The van der Waals surface area contributed by atoms with Gasteiger partial charge in [0.05, 0.1) is 29.6 Å². The lowest BCUT2D eigenvalue weighted by molar-refractivity contribution is -0.138. The van der Waals surface area contributed by atoms with E-state index in [-0.39, 0.29) is 48.2 Å². The zero-order valence-corrected chi connectivity index (χ0v) is 26.9. The largest absolute Gasteiger partial charge is 0.504 e. The number of anilines is 1. The van der Waals surface area contributed by atoms with Crippen LogP contribution in [0.2, 0.25) is 0 Å². The molecule has 0 radical (unpaired) electrons. The van der Waals surface area contributed by atoms with Gasteiger partial charge in [-0.3, -0.25) is 29.0 Å². The molecule has 41 heavy (non-hydrogen) atoms. The molecule has 12 heteroatoms. The van der Waals surface area contributed by atoms with Crippen molar-refractivity contribution in [2.24, 2.45) is 17.8 Å². The number of hydrogen-bond donors (Lipinski definition) is 1. The number of likely N-dealkylation sites (tertiary alicyclic amines) is 1. The monoisotopic (exact) mass is 772 g/mol. The molecule has 2 saturated heterocycles. The molecule has 4 aliphatic rings. The quantitative estimate of drug-likeness (QED) is 0.145. The van der Waals surface area contributed by atoms with Crippen molar-refractivity contribution in [1.29, 1.82) is 0 Å². The van der Waals surface area contributed by atoms with Gasteiger partial charge in [-0.25, -0.2) is 0 Å². The Balaban J connectivity index is 1.52. The standard InChI is InChI=1S/C29H24BrCl2IN2O6/c1-2-41-21-11-14(3-10-20(21)36)23-17-8-9-18-22(25(38)35(24(18)37)16-6-4-15(33)5-7-16)19(17)12-28(31)26(39)34(13-30)27(40)29(23,28)32/h3-8,10-11,18-19,22-23,36H,2,9,12-13H2,1H3/t18-,19+,22-,23-,28+,29-/m0/s1. The van der Waals surface area contributed by atoms with Gasteiger partial charge >= 0.3 is 0 Å². The number of rotatable bonds is 5. The third kappa shape index (κ3) is 3.96. The van der Waals surface area contributed by atoms with Crippen molar-refractivity contribution in [3.8, 4) is 11.5 Å². The number of carbonyl (C=O) groups excluding carboxylic acids is 4. The molecule has 0 unspecified atom stereocenters. The SMILES string of the molecule is CCOc1cc([C@H]2C3=CC[C@@H]4C(=O)N(c5ccc(I)cc5)C(=O)[C@@H]4[C@@H]3C[C@@]3(Cl)C(=O)N(CBr)C(=O)[C@@]23Cl)ccc1O. The maximum Gasteiger partial charge on any atom is 0.254 e. The molecule has 3 fully saturated rings. The summed E-state index contributed by atoms with van der Waals surface area (Å²) < 4.78 is 6.58. The van der Waals surface area contributed by atoms with Crippen molar-refractivity contribution in [2.75, 3.05) is 17.0 Å². The normalized spacial score (nSPS) is 32.6. The molecule has 2 aromatic rings. The molecule has 2 aromatic carbocycles. The Bertz CT molecular complexity index is 1540. The first kappa shape index (κ1) is 28.9. The molecule has 2 aliphatic heterocycles. The highest BCUT2D eigenvalue weighted by Gasteiger charge is 2.76. The van der Waals surface area contributed by atoms with E-state index in [0.717, 1.165) is 8.47 Å². The number of halogens is 4. The van der Waals surface area contributed by atoms with Crippen LogP contribution in [0.4, 0.5) is 5.69 Å². The van der Waals surface area contributed by atoms with E-state index >= 15 is 0 Å². The lowest BCUT2D eigenvalue weighted by Gasteiger charge is -2.50. The van der Waals surface area contributed by atoms with Gasteiger partial charge < -0.3 is 9.84 Å². The van der Waals surface area contributed by atoms with Crippen molar-refractivity contribution < 1.29 is 29.0 Å². The van der Waals surface area contributed by atoms with E-state index in [1.54, 1.807) is 31.2 Å². The Kier molecular flexibility index (Phi) is 7.23. The molecule has 0 spiro atoms. The number of phenols is 1. The molecule has 4 amide bonds. The van der Waals surface area contributed by atoms with Crippen LogP contribution in [0.15, 0.2) is 54.1 Å². The highest BCUT2D eigenvalue weighted by atomic mass is 127. The summed E-state index contributed by atoms with van der Waals surface area (Å²) >= 11 is 19.9. The fourth-order valence-corrected chi connectivity index (χ4v) is 8.74. The summed E-state index contributed by atoms with van der Waals surface area (Å²) in [7, 11) is 0. The molecule has 2 aliphatic carbocycles. The number of fused-ring (bicyclic) bond motifs is 4. The number of benzene rings is 2. The highest BCUT2D eigenvalue weighted by molar-refractivity contribution is 14.1. The number of aromatic hydroxyl groups is 1. The number of ether oxygens (including phenoxy) is 1. The second kappa shape index (κ2) is 10.2. The molecule has 2 heterocycles. The minimum absolute atomic E-state index is 0.0917. The number of carbonyl (C=O) groups is 4. The maximum atomic E-state index is 14.0. The van der Waals surface area contributed by atoms with E-state index in [1.807, 2.05) is 18.2 Å². The second-order valence-corrected chi connectivity index (χ2v) is 13.6. The van der Waals surface area contributed by atoms with Crippen LogP contribution in [0.25, 0.3) is 0 Å². The van der Waals surface area contributed by atoms with Crippen molar-refractivity contribution in [3.63, 3.8) is 0 Å². The number of nitrogens with zero attached hydrogens (tertiary/aromatic N) is 2. The van der Waals surface area contributed by atoms with Crippen molar-refractivity contribution in [2.45, 2.75) is 35.4 Å². The molecule has 0 bridgehead atoms. The third-order valence-electron chi connectivity index (χ3n) is 8.72. The van der Waals surface area contributed by atoms with Gasteiger partial charge in [-0.2, -0.15) is 0 Å². The number of hydrogen-bond acceptors (Lipinski definition) is 6. The summed E-state index contributed by atoms with van der Waals surface area (Å²) in [6, 6.07) is 11.8. The van der Waals surface area contributed by atoms with E-state index in [1.165, 1.54) is 11.0 Å². The molecular formula is C29H24BrCl2IN2O6. The first-order valence-electron chi connectivity index (χ1n) is 13.1. The summed E-state index contributed by atoms with van der Waals surface area (Å²) in [5.74, 6) is -4.88. The number of phenolic OH excluding ortho intramolecular Hbond substituents is 1. The van der Waals surface area contributed by atoms with Gasteiger partial charge in [0.2, 0.25) is 11.8 Å². The van der Waals surface area contributed by atoms with E-state index in [2.05, 4.69) is 38.5 Å². The molecular weight excluding hydrogens is 750 g/mol. The minimum atomic E-state index is -1.92. The van der Waals surface area contributed by atoms with E-state index < -0.39 is 45.2 Å². The van der Waals surface area contributed by atoms with Crippen LogP contribution in [0.5, 0.6) is 11.5 Å². The van der Waals surface area contributed by atoms with Crippen molar-refractivity contribution >= 4 is 91.0 Å². The minimum Gasteiger partial charge on any atom is -0.504 e. The first-order valence-corrected chi connectivity index (χ1v) is 16.0. The van der Waals surface area contributed by atoms with Crippen LogP contribution in [0.1, 0.15) is 31.2 Å². The molecule has 1 N–H and O–H groups in total. The topological polar surface area (TPSA) is 104 Å². The predicted molar refractivity (Wildman–Crippen MR) is 164 cm³/mol. The summed E-state index contributed by atoms with van der Waals surface area (Å²) in [5.41, 5.74) is 1.56. The van der Waals surface area contributed by atoms with E-state index in [0.29, 0.717) is 16.8 Å². The summed E-state index contributed by atoms with van der Waals surface area (Å²) in [5, 5.41) is 10.4. The number of allylic oxidation sites excluding steroid dienone is 2. The van der Waals surface area contributed by atoms with Gasteiger partial charge in [0.15, 0.2) is 21.2 Å². The van der Waals surface area contributed by atoms with Crippen molar-refractivity contribution in [3.05, 3.63) is 63.2 Å². The second-order valence-electron chi connectivity index (χ2n) is 10.6. The lowest BCUT2D eigenvalue weighted by atomic mass is 9.56. The van der Waals surface area contributed by atoms with Gasteiger partial charge in [0, 0.05) is 9.49 Å². The zero-order chi connectivity index (χ0) is 29.4. The average molecular weight is 774 g/mol. The molecule has 214 valence electrons. The maximum absolute atomic E-state index is 14.0. The number of imide groups is 2. The molecule has 8 nitrogen and oxygen atoms in total. The Morgan fingerprint density at radius 3 is 2.41 bits per heavy atom. The molecule has 1 saturated carbocycles. The Labute approximate surface area is 268 Å².